The molecule has 0 amide bonds. The Labute approximate surface area is 192 Å². The number of hydrogen-bond donors (Lipinski definition) is 1. The zero-order chi connectivity index (χ0) is 22.1. The van der Waals surface area contributed by atoms with E-state index in [1.165, 1.54) is 0 Å². The number of aryl methyl sites for hydroxylation is 1. The normalized spacial score (nSPS) is 11.7. The zero-order valence-corrected chi connectivity index (χ0v) is 19.5. The van der Waals surface area contributed by atoms with Gasteiger partial charge in [-0.05, 0) is 42.2 Å². The highest BCUT2D eigenvalue weighted by atomic mass is 35.5. The Morgan fingerprint density at radius 2 is 1.87 bits per heavy atom. The van der Waals surface area contributed by atoms with Gasteiger partial charge in [-0.15, -0.1) is 0 Å². The van der Waals surface area contributed by atoms with E-state index < -0.39 is 0 Å². The number of nitrogen functional groups attached to an aromatic ring is 1. The van der Waals surface area contributed by atoms with Crippen LogP contribution in [0, 0.1) is 5.92 Å². The minimum Gasteiger partial charge on any atom is -0.489 e. The predicted molar refractivity (Wildman–Crippen MR) is 129 cm³/mol. The molecule has 4 aromatic rings. The van der Waals surface area contributed by atoms with E-state index in [2.05, 4.69) is 30.3 Å². The number of aromatic nitrogens is 3. The van der Waals surface area contributed by atoms with Crippen molar-refractivity contribution in [3.05, 3.63) is 57.8 Å². The predicted octanol–water partition coefficient (Wildman–Crippen LogP) is 6.66. The van der Waals surface area contributed by atoms with Crippen molar-refractivity contribution in [1.29, 1.82) is 0 Å². The lowest BCUT2D eigenvalue weighted by molar-refractivity contribution is 0.306. The summed E-state index contributed by atoms with van der Waals surface area (Å²) in [6, 6.07) is 11.4. The molecule has 0 radical (unpaired) electrons. The number of fused-ring (bicyclic) bond motifs is 3. The van der Waals surface area contributed by atoms with Crippen LogP contribution in [0.25, 0.3) is 21.9 Å². The number of hydrogen-bond acceptors (Lipinski definition) is 4. The number of nitrogens with zero attached hydrogens (tertiary/aromatic N) is 3. The second-order valence-electron chi connectivity index (χ2n) is 8.19. The van der Waals surface area contributed by atoms with E-state index in [-0.39, 0.29) is 0 Å². The second kappa shape index (κ2) is 8.93. The van der Waals surface area contributed by atoms with Crippen molar-refractivity contribution >= 4 is 51.0 Å². The van der Waals surface area contributed by atoms with Crippen LogP contribution in [0.3, 0.4) is 0 Å². The van der Waals surface area contributed by atoms with Crippen molar-refractivity contribution in [2.45, 2.75) is 46.8 Å². The number of benzene rings is 2. The fourth-order valence-electron chi connectivity index (χ4n) is 3.80. The van der Waals surface area contributed by atoms with E-state index >= 15 is 0 Å². The number of ether oxygens (including phenoxy) is 1. The first-order chi connectivity index (χ1) is 14.9. The Bertz CT molecular complexity index is 1250. The molecule has 0 saturated heterocycles. The van der Waals surface area contributed by atoms with Crippen LogP contribution < -0.4 is 10.5 Å². The average Bonchev–Trinajstić information content (AvgIpc) is 3.07. The second-order valence-corrected chi connectivity index (χ2v) is 9.01. The van der Waals surface area contributed by atoms with Crippen molar-refractivity contribution < 1.29 is 4.74 Å². The number of nitrogens with two attached hydrogens (primary N) is 1. The highest BCUT2D eigenvalue weighted by Crippen LogP contribution is 2.32. The van der Waals surface area contributed by atoms with Gasteiger partial charge in [0.2, 0.25) is 0 Å². The van der Waals surface area contributed by atoms with Gasteiger partial charge in [0, 0.05) is 24.4 Å². The lowest BCUT2D eigenvalue weighted by Gasteiger charge is -2.13. The summed E-state index contributed by atoms with van der Waals surface area (Å²) in [4.78, 5) is 9.46. The molecule has 2 aromatic heterocycles. The standard InChI is InChI=1S/C24H26Cl2N4O/c1-4-5-21-29-22-23(30(21)12-14(2)3)17-8-7-16(11-20(17)28-24(22)27)31-13-15-6-9-18(25)19(26)10-15/h6-11,14H,4-5,12-13H2,1-3H3,(H2,27,28). The average molecular weight is 457 g/mol. The highest BCUT2D eigenvalue weighted by Gasteiger charge is 2.18. The summed E-state index contributed by atoms with van der Waals surface area (Å²) >= 11 is 12.1. The number of anilines is 1. The molecule has 2 heterocycles. The van der Waals surface area contributed by atoms with Crippen molar-refractivity contribution in [2.24, 2.45) is 5.92 Å². The first-order valence-corrected chi connectivity index (χ1v) is 11.3. The lowest BCUT2D eigenvalue weighted by atomic mass is 10.1. The molecule has 162 valence electrons. The van der Waals surface area contributed by atoms with E-state index in [0.29, 0.717) is 34.1 Å². The summed E-state index contributed by atoms with van der Waals surface area (Å²) in [5, 5.41) is 2.07. The monoisotopic (exact) mass is 456 g/mol. The first kappa shape index (κ1) is 21.7. The lowest BCUT2D eigenvalue weighted by Crippen LogP contribution is -2.09. The minimum atomic E-state index is 0.381. The molecule has 0 fully saturated rings. The van der Waals surface area contributed by atoms with Crippen LogP contribution in [-0.4, -0.2) is 14.5 Å². The number of rotatable bonds is 7. The molecule has 31 heavy (non-hydrogen) atoms. The quantitative estimate of drug-likeness (QED) is 0.337. The van der Waals surface area contributed by atoms with Gasteiger partial charge in [-0.25, -0.2) is 9.97 Å². The number of pyridine rings is 1. The Morgan fingerprint density at radius 1 is 1.06 bits per heavy atom. The summed E-state index contributed by atoms with van der Waals surface area (Å²) in [5.41, 5.74) is 9.89. The molecule has 0 unspecified atom stereocenters. The minimum absolute atomic E-state index is 0.381. The van der Waals surface area contributed by atoms with Crippen LogP contribution in [0.2, 0.25) is 10.0 Å². The summed E-state index contributed by atoms with van der Waals surface area (Å²) in [6.07, 6.45) is 1.94. The van der Waals surface area contributed by atoms with Crippen molar-refractivity contribution in [3.63, 3.8) is 0 Å². The molecule has 0 atom stereocenters. The van der Waals surface area contributed by atoms with E-state index in [4.69, 9.17) is 38.7 Å². The molecule has 0 saturated carbocycles. The third kappa shape index (κ3) is 4.43. The van der Waals surface area contributed by atoms with E-state index in [1.54, 1.807) is 6.07 Å². The maximum atomic E-state index is 6.32. The largest absolute Gasteiger partial charge is 0.489 e. The maximum absolute atomic E-state index is 6.32. The summed E-state index contributed by atoms with van der Waals surface area (Å²) in [5.74, 6) is 2.72. The van der Waals surface area contributed by atoms with E-state index in [1.807, 2.05) is 30.3 Å². The number of imidazole rings is 1. The molecule has 2 aromatic carbocycles. The van der Waals surface area contributed by atoms with Gasteiger partial charge in [0.05, 0.1) is 21.1 Å². The van der Waals surface area contributed by atoms with E-state index in [9.17, 15) is 0 Å². The third-order valence-corrected chi connectivity index (χ3v) is 5.90. The third-order valence-electron chi connectivity index (χ3n) is 5.17. The highest BCUT2D eigenvalue weighted by molar-refractivity contribution is 6.42. The van der Waals surface area contributed by atoms with Crippen molar-refractivity contribution in [3.8, 4) is 5.75 Å². The Balaban J connectivity index is 1.74. The molecule has 5 nitrogen and oxygen atoms in total. The zero-order valence-electron chi connectivity index (χ0n) is 18.0. The Kier molecular flexibility index (Phi) is 6.26. The van der Waals surface area contributed by atoms with Gasteiger partial charge < -0.3 is 15.0 Å². The fourth-order valence-corrected chi connectivity index (χ4v) is 4.12. The van der Waals surface area contributed by atoms with Gasteiger partial charge in [-0.3, -0.25) is 0 Å². The summed E-state index contributed by atoms with van der Waals surface area (Å²) in [7, 11) is 0. The van der Waals surface area contributed by atoms with Gasteiger partial charge >= 0.3 is 0 Å². The maximum Gasteiger partial charge on any atom is 0.152 e. The molecular weight excluding hydrogens is 431 g/mol. The number of halogens is 2. The van der Waals surface area contributed by atoms with Crippen LogP contribution in [0.4, 0.5) is 5.82 Å². The summed E-state index contributed by atoms with van der Waals surface area (Å²) in [6.45, 7) is 7.86. The van der Waals surface area contributed by atoms with Crippen molar-refractivity contribution in [1.82, 2.24) is 14.5 Å². The first-order valence-electron chi connectivity index (χ1n) is 10.5. The molecule has 0 spiro atoms. The molecule has 0 aliphatic rings. The van der Waals surface area contributed by atoms with Gasteiger partial charge in [0.1, 0.15) is 23.7 Å². The van der Waals surface area contributed by atoms with Crippen LogP contribution in [0.5, 0.6) is 5.75 Å². The molecule has 7 heteroatoms. The van der Waals surface area contributed by atoms with Crippen LogP contribution >= 0.6 is 23.2 Å². The molecule has 0 aliphatic heterocycles. The van der Waals surface area contributed by atoms with E-state index in [0.717, 1.165) is 52.7 Å². The molecular formula is C24H26Cl2N4O. The molecule has 4 rings (SSSR count). The van der Waals surface area contributed by atoms with Gasteiger partial charge in [-0.1, -0.05) is 50.0 Å². The van der Waals surface area contributed by atoms with Crippen LogP contribution in [-0.2, 0) is 19.6 Å². The Hall–Kier alpha value is -2.50. The topological polar surface area (TPSA) is 66.0 Å². The smallest absolute Gasteiger partial charge is 0.152 e. The fraction of sp³-hybridized carbons (Fsp3) is 0.333. The SMILES string of the molecule is CCCc1nc2c(N)nc3cc(OCc4ccc(Cl)c(Cl)c4)ccc3c2n1CC(C)C. The van der Waals surface area contributed by atoms with Gasteiger partial charge in [0.25, 0.3) is 0 Å². The van der Waals surface area contributed by atoms with Gasteiger partial charge in [0.15, 0.2) is 5.82 Å². The summed E-state index contributed by atoms with van der Waals surface area (Å²) < 4.78 is 8.29. The van der Waals surface area contributed by atoms with Gasteiger partial charge in [-0.2, -0.15) is 0 Å². The molecule has 2 N–H and O–H groups in total. The van der Waals surface area contributed by atoms with Crippen molar-refractivity contribution in [2.75, 3.05) is 5.73 Å². The van der Waals surface area contributed by atoms with Crippen LogP contribution in [0.1, 0.15) is 38.6 Å². The molecule has 0 bridgehead atoms. The Morgan fingerprint density at radius 3 is 2.58 bits per heavy atom. The van der Waals surface area contributed by atoms with Crippen LogP contribution in [0.15, 0.2) is 36.4 Å². The molecule has 0 aliphatic carbocycles.